The summed E-state index contributed by atoms with van der Waals surface area (Å²) in [5, 5.41) is 10.9. The third-order valence-corrected chi connectivity index (χ3v) is 2.46. The number of hydrogen-bond acceptors (Lipinski definition) is 4. The molecule has 2 aromatic rings. The average Bonchev–Trinajstić information content (AvgIpc) is 2.41. The fraction of sp³-hybridized carbons (Fsp3) is 0.0833. The van der Waals surface area contributed by atoms with Crippen LogP contribution in [0, 0.1) is 21.7 Å². The fourth-order valence-corrected chi connectivity index (χ4v) is 1.58. The van der Waals surface area contributed by atoms with Crippen molar-refractivity contribution in [2.24, 2.45) is 0 Å². The maximum atomic E-state index is 13.7. The normalized spacial score (nSPS) is 10.3. The summed E-state index contributed by atoms with van der Waals surface area (Å²) in [5.41, 5.74) is -0.989. The number of rotatable bonds is 3. The lowest BCUT2D eigenvalue weighted by Gasteiger charge is -2.06. The van der Waals surface area contributed by atoms with Gasteiger partial charge in [0.15, 0.2) is 17.3 Å². The highest BCUT2D eigenvalue weighted by Crippen LogP contribution is 2.32. The van der Waals surface area contributed by atoms with Crippen LogP contribution in [0.15, 0.2) is 30.3 Å². The molecular weight excluding hydrogens is 258 g/mol. The minimum Gasteiger partial charge on any atom is -0.481 e. The van der Waals surface area contributed by atoms with Crippen LogP contribution in [0.2, 0.25) is 0 Å². The zero-order valence-electron chi connectivity index (χ0n) is 9.76. The Kier molecular flexibility index (Phi) is 3.37. The van der Waals surface area contributed by atoms with Crippen molar-refractivity contribution in [1.29, 1.82) is 0 Å². The number of ether oxygens (including phenoxy) is 1. The summed E-state index contributed by atoms with van der Waals surface area (Å²) >= 11 is 0. The van der Waals surface area contributed by atoms with Gasteiger partial charge in [0.05, 0.1) is 12.0 Å². The summed E-state index contributed by atoms with van der Waals surface area (Å²) in [7, 11) is 1.32. The molecule has 0 saturated heterocycles. The van der Waals surface area contributed by atoms with E-state index in [0.717, 1.165) is 12.1 Å². The summed E-state index contributed by atoms with van der Waals surface area (Å²) in [6, 6.07) is 5.79. The molecule has 0 unspecified atom stereocenters. The molecule has 7 heteroatoms. The van der Waals surface area contributed by atoms with E-state index in [9.17, 15) is 18.9 Å². The molecule has 1 aromatic heterocycles. The fourth-order valence-electron chi connectivity index (χ4n) is 1.58. The number of aromatic nitrogens is 1. The third-order valence-electron chi connectivity index (χ3n) is 2.46. The van der Waals surface area contributed by atoms with Crippen LogP contribution in [0.5, 0.6) is 5.88 Å². The second kappa shape index (κ2) is 4.97. The first-order valence-corrected chi connectivity index (χ1v) is 5.18. The number of nitrogens with zero attached hydrogens (tertiary/aromatic N) is 2. The zero-order valence-corrected chi connectivity index (χ0v) is 9.76. The maximum Gasteiger partial charge on any atom is 0.295 e. The number of methoxy groups -OCH3 is 1. The molecule has 0 aliphatic heterocycles. The van der Waals surface area contributed by atoms with Crippen molar-refractivity contribution in [2.45, 2.75) is 0 Å². The molecule has 0 aliphatic carbocycles. The number of halogens is 2. The summed E-state index contributed by atoms with van der Waals surface area (Å²) in [4.78, 5) is 14.0. The average molecular weight is 266 g/mol. The van der Waals surface area contributed by atoms with Gasteiger partial charge in [-0.3, -0.25) is 10.1 Å². The van der Waals surface area contributed by atoms with Gasteiger partial charge in [-0.1, -0.05) is 6.07 Å². The van der Waals surface area contributed by atoms with E-state index in [1.54, 1.807) is 0 Å². The van der Waals surface area contributed by atoms with Crippen molar-refractivity contribution >= 4 is 5.69 Å². The van der Waals surface area contributed by atoms with Gasteiger partial charge in [-0.05, 0) is 12.1 Å². The van der Waals surface area contributed by atoms with E-state index in [-0.39, 0.29) is 17.1 Å². The second-order valence-corrected chi connectivity index (χ2v) is 3.58. The topological polar surface area (TPSA) is 65.3 Å². The Labute approximate surface area is 106 Å². The lowest BCUT2D eigenvalue weighted by atomic mass is 10.1. The van der Waals surface area contributed by atoms with Crippen LogP contribution in [0.1, 0.15) is 0 Å². The Morgan fingerprint density at radius 2 is 2.00 bits per heavy atom. The summed E-state index contributed by atoms with van der Waals surface area (Å²) in [5.74, 6) is -2.22. The van der Waals surface area contributed by atoms with Crippen molar-refractivity contribution < 1.29 is 18.4 Å². The van der Waals surface area contributed by atoms with Gasteiger partial charge >= 0.3 is 0 Å². The van der Waals surface area contributed by atoms with E-state index in [1.165, 1.54) is 25.3 Å². The first kappa shape index (κ1) is 12.9. The number of pyridine rings is 1. The summed E-state index contributed by atoms with van der Waals surface area (Å²) < 4.78 is 31.7. The molecule has 0 aliphatic rings. The molecule has 19 heavy (non-hydrogen) atoms. The predicted molar refractivity (Wildman–Crippen MR) is 62.8 cm³/mol. The SMILES string of the molecule is COc1ccc([N+](=O)[O-])c(-c2cccc(F)c2F)n1. The Morgan fingerprint density at radius 3 is 2.63 bits per heavy atom. The number of benzene rings is 1. The zero-order chi connectivity index (χ0) is 14.0. The number of hydrogen-bond donors (Lipinski definition) is 0. The van der Waals surface area contributed by atoms with E-state index >= 15 is 0 Å². The minimum absolute atomic E-state index is 0.0734. The number of nitro groups is 1. The molecule has 0 N–H and O–H groups in total. The maximum absolute atomic E-state index is 13.7. The Hall–Kier alpha value is -2.57. The van der Waals surface area contributed by atoms with Crippen LogP contribution in [0.4, 0.5) is 14.5 Å². The first-order valence-electron chi connectivity index (χ1n) is 5.18. The van der Waals surface area contributed by atoms with Gasteiger partial charge in [0, 0.05) is 17.7 Å². The molecule has 0 saturated carbocycles. The van der Waals surface area contributed by atoms with Gasteiger partial charge in [-0.2, -0.15) is 0 Å². The van der Waals surface area contributed by atoms with Crippen LogP contribution in [-0.2, 0) is 0 Å². The van der Waals surface area contributed by atoms with Crippen LogP contribution in [0.25, 0.3) is 11.3 Å². The molecule has 0 bridgehead atoms. The molecule has 98 valence electrons. The molecule has 0 atom stereocenters. The molecule has 1 aromatic carbocycles. The van der Waals surface area contributed by atoms with Gasteiger partial charge < -0.3 is 4.74 Å². The van der Waals surface area contributed by atoms with Crippen molar-refractivity contribution in [2.75, 3.05) is 7.11 Å². The van der Waals surface area contributed by atoms with Crippen LogP contribution in [-0.4, -0.2) is 17.0 Å². The highest BCUT2D eigenvalue weighted by molar-refractivity contribution is 5.70. The van der Waals surface area contributed by atoms with E-state index < -0.39 is 22.2 Å². The second-order valence-electron chi connectivity index (χ2n) is 3.58. The molecule has 1 heterocycles. The molecule has 0 fully saturated rings. The van der Waals surface area contributed by atoms with Crippen molar-refractivity contribution in [3.8, 4) is 17.1 Å². The molecule has 2 rings (SSSR count). The largest absolute Gasteiger partial charge is 0.481 e. The molecule has 0 radical (unpaired) electrons. The van der Waals surface area contributed by atoms with Crippen LogP contribution < -0.4 is 4.74 Å². The van der Waals surface area contributed by atoms with E-state index in [1.807, 2.05) is 0 Å². The summed E-state index contributed by atoms with van der Waals surface area (Å²) in [6.45, 7) is 0. The van der Waals surface area contributed by atoms with Crippen molar-refractivity contribution in [3.05, 3.63) is 52.1 Å². The molecule has 5 nitrogen and oxygen atoms in total. The monoisotopic (exact) mass is 266 g/mol. The van der Waals surface area contributed by atoms with E-state index in [2.05, 4.69) is 4.98 Å². The summed E-state index contributed by atoms with van der Waals surface area (Å²) in [6.07, 6.45) is 0. The highest BCUT2D eigenvalue weighted by atomic mass is 19.2. The lowest BCUT2D eigenvalue weighted by molar-refractivity contribution is -0.384. The van der Waals surface area contributed by atoms with Crippen molar-refractivity contribution in [3.63, 3.8) is 0 Å². The van der Waals surface area contributed by atoms with Gasteiger partial charge in [0.25, 0.3) is 5.69 Å². The minimum atomic E-state index is -1.19. The van der Waals surface area contributed by atoms with E-state index in [0.29, 0.717) is 0 Å². The Morgan fingerprint density at radius 1 is 1.26 bits per heavy atom. The van der Waals surface area contributed by atoms with Crippen molar-refractivity contribution in [1.82, 2.24) is 4.98 Å². The third kappa shape index (κ3) is 2.35. The van der Waals surface area contributed by atoms with Crippen LogP contribution >= 0.6 is 0 Å². The lowest BCUT2D eigenvalue weighted by Crippen LogP contribution is -1.99. The van der Waals surface area contributed by atoms with Crippen LogP contribution in [0.3, 0.4) is 0 Å². The van der Waals surface area contributed by atoms with E-state index in [4.69, 9.17) is 4.74 Å². The molecular formula is C12H8F2N2O3. The van der Waals surface area contributed by atoms with Gasteiger partial charge in [-0.15, -0.1) is 0 Å². The Bertz CT molecular complexity index is 647. The first-order chi connectivity index (χ1) is 9.04. The standard InChI is InChI=1S/C12H8F2N2O3/c1-19-10-6-5-9(16(17)18)12(15-10)7-3-2-4-8(13)11(7)14/h2-6H,1H3. The van der Waals surface area contributed by atoms with Gasteiger partial charge in [0.1, 0.15) is 0 Å². The highest BCUT2D eigenvalue weighted by Gasteiger charge is 2.22. The molecule has 0 spiro atoms. The molecule has 0 amide bonds. The van der Waals surface area contributed by atoms with Gasteiger partial charge in [0.2, 0.25) is 5.88 Å². The quantitative estimate of drug-likeness (QED) is 0.632. The Balaban J connectivity index is 2.72. The smallest absolute Gasteiger partial charge is 0.295 e. The van der Waals surface area contributed by atoms with Gasteiger partial charge in [-0.25, -0.2) is 13.8 Å². The predicted octanol–water partition coefficient (Wildman–Crippen LogP) is 2.94.